The van der Waals surface area contributed by atoms with E-state index in [-0.39, 0.29) is 29.4 Å². The van der Waals surface area contributed by atoms with Crippen molar-refractivity contribution < 1.29 is 4.79 Å². The summed E-state index contributed by atoms with van der Waals surface area (Å²) in [4.78, 5) is 27.2. The second-order valence-corrected chi connectivity index (χ2v) is 7.46. The van der Waals surface area contributed by atoms with Crippen LogP contribution in [0.5, 0.6) is 0 Å². The molecule has 2 fully saturated rings. The quantitative estimate of drug-likeness (QED) is 0.856. The van der Waals surface area contributed by atoms with Gasteiger partial charge in [-0.05, 0) is 50.3 Å². The van der Waals surface area contributed by atoms with Crippen LogP contribution in [0.1, 0.15) is 35.4 Å². The normalized spacial score (nSPS) is 18.3. The Morgan fingerprint density at radius 2 is 1.85 bits per heavy atom. The summed E-state index contributed by atoms with van der Waals surface area (Å²) >= 11 is 0. The monoisotopic (exact) mass is 388 g/mol. The maximum atomic E-state index is 13.0. The van der Waals surface area contributed by atoms with Crippen molar-refractivity contribution >= 4 is 18.3 Å². The first-order valence-corrected chi connectivity index (χ1v) is 9.24. The number of nitrogens with zero attached hydrogens (tertiary/aromatic N) is 3. The van der Waals surface area contributed by atoms with Crippen LogP contribution in [0.2, 0.25) is 0 Å². The van der Waals surface area contributed by atoms with E-state index >= 15 is 0 Å². The number of likely N-dealkylation sites (tertiary alicyclic amines) is 1. The van der Waals surface area contributed by atoms with Gasteiger partial charge >= 0.3 is 0 Å². The summed E-state index contributed by atoms with van der Waals surface area (Å²) in [6, 6.07) is 11.1. The zero-order valence-electron chi connectivity index (χ0n) is 15.5. The van der Waals surface area contributed by atoms with Gasteiger partial charge in [-0.25, -0.2) is 4.68 Å². The number of rotatable bonds is 2. The Morgan fingerprint density at radius 1 is 1.15 bits per heavy atom. The van der Waals surface area contributed by atoms with Gasteiger partial charge in [0.2, 0.25) is 5.43 Å². The highest BCUT2D eigenvalue weighted by Crippen LogP contribution is 2.37. The lowest BCUT2D eigenvalue weighted by atomic mass is 9.78. The minimum absolute atomic E-state index is 0. The second-order valence-electron chi connectivity index (χ2n) is 7.46. The van der Waals surface area contributed by atoms with E-state index < -0.39 is 0 Å². The molecule has 0 aliphatic carbocycles. The van der Waals surface area contributed by atoms with E-state index in [1.54, 1.807) is 9.58 Å². The molecule has 144 valence electrons. The molecule has 1 N–H and O–H groups in total. The molecule has 1 spiro atoms. The van der Waals surface area contributed by atoms with Gasteiger partial charge < -0.3 is 10.2 Å². The van der Waals surface area contributed by atoms with E-state index in [1.165, 1.54) is 12.5 Å². The highest BCUT2D eigenvalue weighted by molar-refractivity contribution is 5.92. The number of carbonyl (C=O) groups is 1. The Bertz CT molecular complexity index is 865. The van der Waals surface area contributed by atoms with Crippen molar-refractivity contribution in [1.82, 2.24) is 20.0 Å². The summed E-state index contributed by atoms with van der Waals surface area (Å²) in [5, 5.41) is 7.84. The van der Waals surface area contributed by atoms with Crippen LogP contribution >= 0.6 is 12.4 Å². The fourth-order valence-corrected chi connectivity index (χ4v) is 4.08. The molecule has 0 unspecified atom stereocenters. The first-order valence-electron chi connectivity index (χ1n) is 9.24. The number of benzene rings is 1. The van der Waals surface area contributed by atoms with E-state index in [4.69, 9.17) is 0 Å². The van der Waals surface area contributed by atoms with Crippen molar-refractivity contribution in [3.05, 3.63) is 58.0 Å². The Balaban J connectivity index is 0.00000210. The van der Waals surface area contributed by atoms with E-state index in [2.05, 4.69) is 10.4 Å². The molecule has 2 aromatic rings. The average molecular weight is 389 g/mol. The maximum Gasteiger partial charge on any atom is 0.278 e. The molecule has 2 aliphatic rings. The largest absolute Gasteiger partial charge is 0.337 e. The number of piperidine rings is 1. The molecule has 27 heavy (non-hydrogen) atoms. The molecule has 3 heterocycles. The number of para-hydroxylation sites is 1. The van der Waals surface area contributed by atoms with Gasteiger partial charge in [0.05, 0.1) is 5.69 Å². The number of aryl methyl sites for hydroxylation is 1. The van der Waals surface area contributed by atoms with Gasteiger partial charge in [-0.2, -0.15) is 5.10 Å². The van der Waals surface area contributed by atoms with Gasteiger partial charge in [0.25, 0.3) is 5.91 Å². The van der Waals surface area contributed by atoms with Crippen LogP contribution in [0.25, 0.3) is 5.69 Å². The third-order valence-corrected chi connectivity index (χ3v) is 5.75. The van der Waals surface area contributed by atoms with Gasteiger partial charge in [-0.1, -0.05) is 18.2 Å². The van der Waals surface area contributed by atoms with Crippen molar-refractivity contribution in [1.29, 1.82) is 0 Å². The lowest BCUT2D eigenvalue weighted by molar-refractivity contribution is 0.0598. The van der Waals surface area contributed by atoms with Crippen LogP contribution in [-0.2, 0) is 0 Å². The molecule has 6 nitrogen and oxygen atoms in total. The number of amides is 1. The zero-order valence-corrected chi connectivity index (χ0v) is 16.3. The number of nitrogens with one attached hydrogen (secondary N) is 1. The predicted octanol–water partition coefficient (Wildman–Crippen LogP) is 2.18. The molecule has 1 amide bonds. The SMILES string of the molecule is Cc1cc(=O)c(C(=O)N2CCC3(CCNC3)CC2)nn1-c1ccccc1.Cl. The van der Waals surface area contributed by atoms with Crippen molar-refractivity contribution in [2.45, 2.75) is 26.2 Å². The second kappa shape index (κ2) is 7.82. The van der Waals surface area contributed by atoms with Gasteiger partial charge in [0.1, 0.15) is 0 Å². The topological polar surface area (TPSA) is 67.2 Å². The third kappa shape index (κ3) is 3.77. The molecule has 0 radical (unpaired) electrons. The fourth-order valence-electron chi connectivity index (χ4n) is 4.08. The summed E-state index contributed by atoms with van der Waals surface area (Å²) < 4.78 is 1.67. The summed E-state index contributed by atoms with van der Waals surface area (Å²) in [6.45, 7) is 5.32. The van der Waals surface area contributed by atoms with Crippen molar-refractivity contribution in [3.8, 4) is 5.69 Å². The Morgan fingerprint density at radius 3 is 2.48 bits per heavy atom. The molecule has 1 aromatic heterocycles. The van der Waals surface area contributed by atoms with Crippen LogP contribution in [0, 0.1) is 12.3 Å². The number of carbonyl (C=O) groups excluding carboxylic acids is 1. The third-order valence-electron chi connectivity index (χ3n) is 5.75. The van der Waals surface area contributed by atoms with Gasteiger partial charge in [0.15, 0.2) is 5.69 Å². The standard InChI is InChI=1S/C20H24N4O2.ClH/c1-15-13-17(25)18(22-24(15)16-5-3-2-4-6-16)19(26)23-11-8-20(9-12-23)7-10-21-14-20;/h2-6,13,21H,7-12,14H2,1H3;1H. The summed E-state index contributed by atoms with van der Waals surface area (Å²) in [5.74, 6) is -0.250. The molecule has 2 saturated heterocycles. The smallest absolute Gasteiger partial charge is 0.278 e. The van der Waals surface area contributed by atoms with E-state index in [9.17, 15) is 9.59 Å². The van der Waals surface area contributed by atoms with E-state index in [0.717, 1.165) is 31.6 Å². The van der Waals surface area contributed by atoms with Crippen LogP contribution < -0.4 is 10.7 Å². The molecule has 4 rings (SSSR count). The van der Waals surface area contributed by atoms with E-state index in [0.29, 0.717) is 24.2 Å². The van der Waals surface area contributed by atoms with Gasteiger partial charge in [-0.15, -0.1) is 12.4 Å². The molecule has 7 heteroatoms. The fraction of sp³-hybridized carbons (Fsp3) is 0.450. The Kier molecular flexibility index (Phi) is 5.67. The van der Waals surface area contributed by atoms with Crippen LogP contribution in [0.3, 0.4) is 0 Å². The number of hydrogen-bond acceptors (Lipinski definition) is 4. The first kappa shape index (κ1) is 19.6. The van der Waals surface area contributed by atoms with E-state index in [1.807, 2.05) is 37.3 Å². The van der Waals surface area contributed by atoms with Crippen LogP contribution in [-0.4, -0.2) is 46.8 Å². The summed E-state index contributed by atoms with van der Waals surface area (Å²) in [5.41, 5.74) is 1.60. The van der Waals surface area contributed by atoms with Crippen molar-refractivity contribution in [2.24, 2.45) is 5.41 Å². The Hall–Kier alpha value is -2.18. The summed E-state index contributed by atoms with van der Waals surface area (Å²) in [7, 11) is 0. The number of halogens is 1. The molecular weight excluding hydrogens is 364 g/mol. The molecule has 0 bridgehead atoms. The predicted molar refractivity (Wildman–Crippen MR) is 107 cm³/mol. The zero-order chi connectivity index (χ0) is 18.1. The number of aromatic nitrogens is 2. The van der Waals surface area contributed by atoms with Crippen LogP contribution in [0.15, 0.2) is 41.2 Å². The minimum Gasteiger partial charge on any atom is -0.337 e. The first-order chi connectivity index (χ1) is 12.6. The summed E-state index contributed by atoms with van der Waals surface area (Å²) in [6.07, 6.45) is 3.16. The van der Waals surface area contributed by atoms with Gasteiger partial charge in [-0.3, -0.25) is 9.59 Å². The number of hydrogen-bond donors (Lipinski definition) is 1. The highest BCUT2D eigenvalue weighted by Gasteiger charge is 2.38. The highest BCUT2D eigenvalue weighted by atomic mass is 35.5. The molecule has 0 saturated carbocycles. The van der Waals surface area contributed by atoms with Crippen LogP contribution in [0.4, 0.5) is 0 Å². The lowest BCUT2D eigenvalue weighted by Gasteiger charge is -2.38. The molecular formula is C20H25ClN4O2. The molecule has 1 aromatic carbocycles. The molecule has 2 aliphatic heterocycles. The average Bonchev–Trinajstić information content (AvgIpc) is 3.11. The van der Waals surface area contributed by atoms with Gasteiger partial charge in [0, 0.05) is 31.4 Å². The Labute approximate surface area is 165 Å². The lowest BCUT2D eigenvalue weighted by Crippen LogP contribution is -2.45. The van der Waals surface area contributed by atoms with Crippen molar-refractivity contribution in [2.75, 3.05) is 26.2 Å². The maximum absolute atomic E-state index is 13.0. The van der Waals surface area contributed by atoms with Crippen molar-refractivity contribution in [3.63, 3.8) is 0 Å². The minimum atomic E-state index is -0.303. The molecule has 0 atom stereocenters.